The number of benzene rings is 2. The van der Waals surface area contributed by atoms with Gasteiger partial charge in [-0.3, -0.25) is 4.79 Å². The SMILES string of the molecule is COc1ccc(CN2C3=C(C(=O)CCCc4cc5[nH]ccc5cc43)C(O)=C(CO)C2(C)C(=O)O)c(OC)c1. The van der Waals surface area contributed by atoms with Crippen LogP contribution >= 0.6 is 0 Å². The van der Waals surface area contributed by atoms with Gasteiger partial charge in [-0.2, -0.15) is 0 Å². The summed E-state index contributed by atoms with van der Waals surface area (Å²) in [5.74, 6) is -1.01. The van der Waals surface area contributed by atoms with Crippen molar-refractivity contribution in [1.82, 2.24) is 9.88 Å². The maximum absolute atomic E-state index is 13.5. The number of methoxy groups -OCH3 is 2. The molecule has 198 valence electrons. The molecule has 0 spiro atoms. The number of H-pyrrole nitrogens is 1. The molecular formula is C29H30N2O7. The molecule has 1 aliphatic heterocycles. The number of hydrogen-bond acceptors (Lipinski definition) is 7. The minimum atomic E-state index is -1.87. The second-order valence-corrected chi connectivity index (χ2v) is 9.70. The topological polar surface area (TPSA) is 132 Å². The van der Waals surface area contributed by atoms with Gasteiger partial charge in [0.25, 0.3) is 0 Å². The van der Waals surface area contributed by atoms with Crippen molar-refractivity contribution in [2.24, 2.45) is 0 Å². The summed E-state index contributed by atoms with van der Waals surface area (Å²) in [6.07, 6.45) is 3.17. The average Bonchev–Trinajstić information content (AvgIpc) is 3.36. The summed E-state index contributed by atoms with van der Waals surface area (Å²) in [5.41, 5.74) is 1.50. The largest absolute Gasteiger partial charge is 0.507 e. The standard InChI is InChI=1S/C29H30N2O7/c1-29(28(35)36)21(15-32)27(34)25-23(33)6-4-5-16-12-22-17(9-10-30-22)11-20(16)26(25)31(29)14-18-7-8-19(37-2)13-24(18)38-3/h7-13,30,32,34H,4-6,14-15H2,1-3H3,(H,35,36). The smallest absolute Gasteiger partial charge is 0.333 e. The third-order valence-electron chi connectivity index (χ3n) is 7.72. The number of nitrogens with one attached hydrogen (secondary N) is 1. The minimum Gasteiger partial charge on any atom is -0.507 e. The molecule has 3 aromatic rings. The van der Waals surface area contributed by atoms with E-state index in [0.717, 1.165) is 16.5 Å². The normalized spacial score (nSPS) is 19.7. The molecule has 1 unspecified atom stereocenters. The first-order valence-electron chi connectivity index (χ1n) is 12.4. The highest BCUT2D eigenvalue weighted by molar-refractivity contribution is 6.09. The summed E-state index contributed by atoms with van der Waals surface area (Å²) in [4.78, 5) is 31.3. The molecule has 1 aliphatic carbocycles. The Hall–Kier alpha value is -4.24. The van der Waals surface area contributed by atoms with Crippen LogP contribution in [-0.4, -0.2) is 63.3 Å². The van der Waals surface area contributed by atoms with Gasteiger partial charge in [0.05, 0.1) is 32.1 Å². The number of hydrogen-bond donors (Lipinski definition) is 4. The van der Waals surface area contributed by atoms with E-state index in [1.54, 1.807) is 23.1 Å². The van der Waals surface area contributed by atoms with E-state index in [-0.39, 0.29) is 29.9 Å². The molecule has 2 aromatic carbocycles. The van der Waals surface area contributed by atoms with Crippen LogP contribution in [0, 0.1) is 0 Å². The van der Waals surface area contributed by atoms with E-state index in [1.165, 1.54) is 21.1 Å². The third-order valence-corrected chi connectivity index (χ3v) is 7.72. The fourth-order valence-electron chi connectivity index (χ4n) is 5.56. The van der Waals surface area contributed by atoms with Gasteiger partial charge in [-0.1, -0.05) is 0 Å². The van der Waals surface area contributed by atoms with Gasteiger partial charge in [0.1, 0.15) is 17.3 Å². The number of aryl methyl sites for hydroxylation is 1. The number of aromatic nitrogens is 1. The lowest BCUT2D eigenvalue weighted by Crippen LogP contribution is -2.56. The van der Waals surface area contributed by atoms with Crippen LogP contribution in [0.25, 0.3) is 16.6 Å². The Morgan fingerprint density at radius 1 is 1.13 bits per heavy atom. The average molecular weight is 519 g/mol. The van der Waals surface area contributed by atoms with Crippen molar-refractivity contribution in [3.63, 3.8) is 0 Å². The van der Waals surface area contributed by atoms with Gasteiger partial charge in [0, 0.05) is 52.8 Å². The Morgan fingerprint density at radius 2 is 1.92 bits per heavy atom. The Kier molecular flexibility index (Phi) is 6.40. The zero-order chi connectivity index (χ0) is 27.2. The highest BCUT2D eigenvalue weighted by Crippen LogP contribution is 2.47. The van der Waals surface area contributed by atoms with E-state index in [0.29, 0.717) is 41.2 Å². The van der Waals surface area contributed by atoms with Crippen LogP contribution < -0.4 is 9.47 Å². The van der Waals surface area contributed by atoms with E-state index in [4.69, 9.17) is 9.47 Å². The molecule has 2 aliphatic rings. The third kappa shape index (κ3) is 3.81. The number of carbonyl (C=O) groups is 2. The molecule has 1 atom stereocenters. The lowest BCUT2D eigenvalue weighted by molar-refractivity contribution is -0.147. The molecule has 5 rings (SSSR count). The molecule has 1 aromatic heterocycles. The van der Waals surface area contributed by atoms with Crippen molar-refractivity contribution in [3.8, 4) is 11.5 Å². The highest BCUT2D eigenvalue weighted by Gasteiger charge is 2.51. The summed E-state index contributed by atoms with van der Waals surface area (Å²) in [6.45, 7) is 0.719. The van der Waals surface area contributed by atoms with Crippen LogP contribution in [0.1, 0.15) is 36.5 Å². The molecule has 4 N–H and O–H groups in total. The number of Topliss-reactive ketones (excluding diaryl/α,β-unsaturated/α-hetero) is 1. The Bertz CT molecular complexity index is 1520. The van der Waals surface area contributed by atoms with Crippen LogP contribution in [0.4, 0.5) is 0 Å². The molecule has 0 amide bonds. The lowest BCUT2D eigenvalue weighted by Gasteiger charge is -2.47. The van der Waals surface area contributed by atoms with Gasteiger partial charge >= 0.3 is 5.97 Å². The Labute approximate surface area is 219 Å². The number of aliphatic hydroxyl groups is 2. The summed E-state index contributed by atoms with van der Waals surface area (Å²) in [7, 11) is 3.05. The van der Waals surface area contributed by atoms with Crippen LogP contribution in [0.5, 0.6) is 11.5 Å². The van der Waals surface area contributed by atoms with Gasteiger partial charge < -0.3 is 34.7 Å². The molecule has 38 heavy (non-hydrogen) atoms. The predicted molar refractivity (Wildman–Crippen MR) is 141 cm³/mol. The van der Waals surface area contributed by atoms with Gasteiger partial charge in [0.2, 0.25) is 0 Å². The fourth-order valence-corrected chi connectivity index (χ4v) is 5.56. The van der Waals surface area contributed by atoms with Crippen molar-refractivity contribution >= 4 is 28.4 Å². The molecule has 9 heteroatoms. The molecule has 0 saturated carbocycles. The summed E-state index contributed by atoms with van der Waals surface area (Å²) in [6, 6.07) is 11.1. The Morgan fingerprint density at radius 3 is 2.61 bits per heavy atom. The molecule has 0 bridgehead atoms. The van der Waals surface area contributed by atoms with Gasteiger partial charge in [-0.15, -0.1) is 0 Å². The summed E-state index contributed by atoms with van der Waals surface area (Å²) < 4.78 is 10.9. The number of fused-ring (bicyclic) bond motifs is 3. The molecule has 2 heterocycles. The number of rotatable bonds is 6. The number of carboxylic acids is 1. The second-order valence-electron chi connectivity index (χ2n) is 9.70. The number of carboxylic acid groups (broad SMARTS) is 1. The number of aliphatic hydroxyl groups excluding tert-OH is 2. The first-order chi connectivity index (χ1) is 18.2. The van der Waals surface area contributed by atoms with Crippen LogP contribution in [0.3, 0.4) is 0 Å². The minimum absolute atomic E-state index is 0.0173. The van der Waals surface area contributed by atoms with Crippen LogP contribution in [0.2, 0.25) is 0 Å². The Balaban J connectivity index is 1.84. The monoisotopic (exact) mass is 518 g/mol. The molecule has 0 radical (unpaired) electrons. The summed E-state index contributed by atoms with van der Waals surface area (Å²) >= 11 is 0. The molecule has 9 nitrogen and oxygen atoms in total. The molecular weight excluding hydrogens is 488 g/mol. The zero-order valence-electron chi connectivity index (χ0n) is 21.5. The number of nitrogens with zero attached hydrogens (tertiary/aromatic N) is 1. The first kappa shape index (κ1) is 25.4. The predicted octanol–water partition coefficient (Wildman–Crippen LogP) is 3.97. The van der Waals surface area contributed by atoms with Gasteiger partial charge in [-0.25, -0.2) is 4.79 Å². The van der Waals surface area contributed by atoms with Crippen molar-refractivity contribution in [1.29, 1.82) is 0 Å². The van der Waals surface area contributed by atoms with Gasteiger partial charge in [-0.05, 0) is 55.7 Å². The van der Waals surface area contributed by atoms with Crippen molar-refractivity contribution in [3.05, 3.63) is 76.2 Å². The van der Waals surface area contributed by atoms with Crippen LogP contribution in [0.15, 0.2) is 59.5 Å². The fraction of sp³-hybridized carbons (Fsp3) is 0.310. The number of ether oxygens (including phenoxy) is 2. The number of aliphatic carboxylic acids is 1. The van der Waals surface area contributed by atoms with Crippen molar-refractivity contribution in [2.75, 3.05) is 20.8 Å². The number of aromatic amines is 1. The highest BCUT2D eigenvalue weighted by atomic mass is 16.5. The number of carbonyl (C=O) groups excluding carboxylic acids is 1. The quantitative estimate of drug-likeness (QED) is 0.386. The van der Waals surface area contributed by atoms with E-state index < -0.39 is 23.9 Å². The first-order valence-corrected chi connectivity index (χ1v) is 12.4. The number of allylic oxidation sites excluding steroid dienone is 1. The van der Waals surface area contributed by atoms with Crippen molar-refractivity contribution in [2.45, 2.75) is 38.3 Å². The number of ketones is 1. The van der Waals surface area contributed by atoms with Crippen LogP contribution in [-0.2, 0) is 22.6 Å². The summed E-state index contributed by atoms with van der Waals surface area (Å²) in [5, 5.41) is 33.2. The zero-order valence-corrected chi connectivity index (χ0v) is 21.5. The molecule has 0 fully saturated rings. The van der Waals surface area contributed by atoms with E-state index >= 15 is 0 Å². The maximum Gasteiger partial charge on any atom is 0.333 e. The van der Waals surface area contributed by atoms with Crippen molar-refractivity contribution < 1.29 is 34.4 Å². The van der Waals surface area contributed by atoms with Gasteiger partial charge in [0.15, 0.2) is 11.3 Å². The van der Waals surface area contributed by atoms with E-state index in [1.807, 2.05) is 24.4 Å². The lowest BCUT2D eigenvalue weighted by atomic mass is 9.77. The maximum atomic E-state index is 13.5. The van der Waals surface area contributed by atoms with E-state index in [9.17, 15) is 24.9 Å². The second kappa shape index (κ2) is 9.57. The van der Waals surface area contributed by atoms with E-state index in [2.05, 4.69) is 4.98 Å². The molecule has 0 saturated heterocycles.